The van der Waals surface area contributed by atoms with Crippen molar-refractivity contribution in [2.75, 3.05) is 0 Å². The third-order valence-corrected chi connectivity index (χ3v) is 1.23. The summed E-state index contributed by atoms with van der Waals surface area (Å²) in [7, 11) is 0. The smallest absolute Gasteiger partial charge is 0.251 e. The highest BCUT2D eigenvalue weighted by Crippen LogP contribution is 1.92. The highest BCUT2D eigenvalue weighted by molar-refractivity contribution is 5.42. The summed E-state index contributed by atoms with van der Waals surface area (Å²) in [6.45, 7) is 9.33. The van der Waals surface area contributed by atoms with Gasteiger partial charge in [0.1, 0.15) is 0 Å². The van der Waals surface area contributed by atoms with E-state index in [2.05, 4.69) is 16.8 Å². The number of hydrogen-bond donors (Lipinski definition) is 1. The molecule has 0 radical (unpaired) electrons. The second-order valence-electron chi connectivity index (χ2n) is 1.94. The van der Waals surface area contributed by atoms with Gasteiger partial charge in [-0.2, -0.15) is 5.10 Å². The summed E-state index contributed by atoms with van der Waals surface area (Å²) < 4.78 is 1.33. The molecule has 4 nitrogen and oxygen atoms in total. The number of aromatic nitrogens is 3. The zero-order valence-corrected chi connectivity index (χ0v) is 8.24. The van der Waals surface area contributed by atoms with Crippen molar-refractivity contribution in [1.82, 2.24) is 14.8 Å². The van der Waals surface area contributed by atoms with Crippen LogP contribution in [0.4, 0.5) is 0 Å². The average molecular weight is 181 g/mol. The summed E-state index contributed by atoms with van der Waals surface area (Å²) in [5, 5.41) is 6.05. The van der Waals surface area contributed by atoms with E-state index in [-0.39, 0.29) is 5.69 Å². The van der Waals surface area contributed by atoms with Crippen LogP contribution in [-0.4, -0.2) is 14.8 Å². The molecule has 0 fully saturated rings. The van der Waals surface area contributed by atoms with Crippen LogP contribution >= 0.6 is 0 Å². The van der Waals surface area contributed by atoms with Crippen molar-refractivity contribution >= 4 is 12.3 Å². The molecule has 72 valence electrons. The third-order valence-electron chi connectivity index (χ3n) is 1.23. The van der Waals surface area contributed by atoms with Crippen molar-refractivity contribution in [3.8, 4) is 0 Å². The molecular formula is C9H15N3O. The van der Waals surface area contributed by atoms with E-state index in [1.165, 1.54) is 10.8 Å². The molecule has 13 heavy (non-hydrogen) atoms. The maximum absolute atomic E-state index is 10.9. The largest absolute Gasteiger partial charge is 0.347 e. The molecule has 1 aromatic heterocycles. The van der Waals surface area contributed by atoms with Crippen LogP contribution in [0.5, 0.6) is 0 Å². The van der Waals surface area contributed by atoms with Gasteiger partial charge in [0.15, 0.2) is 5.82 Å². The maximum Gasteiger partial charge on any atom is 0.347 e. The van der Waals surface area contributed by atoms with Crippen LogP contribution in [0.2, 0.25) is 0 Å². The average Bonchev–Trinajstić information content (AvgIpc) is 2.51. The Kier molecular flexibility index (Phi) is 5.27. The normalized spacial score (nSPS) is 9.46. The van der Waals surface area contributed by atoms with Crippen LogP contribution in [0.1, 0.15) is 26.6 Å². The molecule has 0 amide bonds. The Hall–Kier alpha value is -1.58. The standard InChI is InChI=1S/C7H9N3O.C2H6/c1-3-5-6-8-9-7(11)10(6)4-2;1-2/h3-5H,2H2,1H3,(H,9,11);1-2H3/b5-3-;. The summed E-state index contributed by atoms with van der Waals surface area (Å²) in [4.78, 5) is 10.9. The van der Waals surface area contributed by atoms with Gasteiger partial charge in [0, 0.05) is 6.20 Å². The van der Waals surface area contributed by atoms with E-state index in [1.54, 1.807) is 12.2 Å². The van der Waals surface area contributed by atoms with Crippen molar-refractivity contribution in [1.29, 1.82) is 0 Å². The van der Waals surface area contributed by atoms with Gasteiger partial charge in [-0.05, 0) is 13.0 Å². The number of nitrogens with one attached hydrogen (secondary N) is 1. The fourth-order valence-electron chi connectivity index (χ4n) is 0.760. The molecule has 0 aliphatic carbocycles. The minimum absolute atomic E-state index is 0.270. The van der Waals surface area contributed by atoms with Crippen LogP contribution in [0.15, 0.2) is 17.4 Å². The lowest BCUT2D eigenvalue weighted by atomic mass is 10.5. The zero-order chi connectivity index (χ0) is 10.3. The molecule has 0 aliphatic heterocycles. The van der Waals surface area contributed by atoms with Gasteiger partial charge in [-0.1, -0.05) is 26.5 Å². The molecule has 0 aliphatic rings. The first-order valence-corrected chi connectivity index (χ1v) is 4.21. The quantitative estimate of drug-likeness (QED) is 0.755. The van der Waals surface area contributed by atoms with Gasteiger partial charge in [0.2, 0.25) is 0 Å². The molecular weight excluding hydrogens is 166 g/mol. The molecule has 1 rings (SSSR count). The Morgan fingerprint density at radius 1 is 1.54 bits per heavy atom. The first kappa shape index (κ1) is 11.4. The van der Waals surface area contributed by atoms with Gasteiger partial charge < -0.3 is 0 Å². The second kappa shape index (κ2) is 5.99. The first-order valence-electron chi connectivity index (χ1n) is 4.21. The van der Waals surface area contributed by atoms with Crippen molar-refractivity contribution in [2.24, 2.45) is 0 Å². The summed E-state index contributed by atoms with van der Waals surface area (Å²) in [6.07, 6.45) is 4.94. The van der Waals surface area contributed by atoms with Crippen molar-refractivity contribution in [3.63, 3.8) is 0 Å². The lowest BCUT2D eigenvalue weighted by molar-refractivity contribution is 1.03. The highest BCUT2D eigenvalue weighted by Gasteiger charge is 1.98. The van der Waals surface area contributed by atoms with Gasteiger partial charge in [0.25, 0.3) is 0 Å². The predicted octanol–water partition coefficient (Wildman–Crippen LogP) is 1.73. The number of aromatic amines is 1. The lowest BCUT2D eigenvalue weighted by Crippen LogP contribution is -2.11. The minimum Gasteiger partial charge on any atom is -0.251 e. The number of rotatable bonds is 2. The molecule has 1 aromatic rings. The zero-order valence-electron chi connectivity index (χ0n) is 8.24. The maximum atomic E-state index is 10.9. The molecule has 4 heteroatoms. The minimum atomic E-state index is -0.270. The fourth-order valence-corrected chi connectivity index (χ4v) is 0.760. The van der Waals surface area contributed by atoms with Crippen LogP contribution in [0, 0.1) is 0 Å². The lowest BCUT2D eigenvalue weighted by Gasteiger charge is -1.89. The molecule has 1 N–H and O–H groups in total. The summed E-state index contributed by atoms with van der Waals surface area (Å²) in [5.74, 6) is 0.563. The van der Waals surface area contributed by atoms with Gasteiger partial charge in [0.05, 0.1) is 0 Å². The van der Waals surface area contributed by atoms with Gasteiger partial charge in [-0.3, -0.25) is 4.57 Å². The van der Waals surface area contributed by atoms with Crippen LogP contribution in [0.3, 0.4) is 0 Å². The van der Waals surface area contributed by atoms with E-state index in [1.807, 2.05) is 20.8 Å². The van der Waals surface area contributed by atoms with Gasteiger partial charge in [-0.25, -0.2) is 9.89 Å². The molecule has 0 unspecified atom stereocenters. The fraction of sp³-hybridized carbons (Fsp3) is 0.333. The third kappa shape index (κ3) is 2.74. The molecule has 0 aromatic carbocycles. The van der Waals surface area contributed by atoms with Crippen LogP contribution in [-0.2, 0) is 0 Å². The Bertz CT molecular complexity index is 333. The summed E-state index contributed by atoms with van der Waals surface area (Å²) >= 11 is 0. The predicted molar refractivity (Wildman–Crippen MR) is 55.3 cm³/mol. The molecule has 0 bridgehead atoms. The SMILES string of the molecule is C=Cn1c(/C=C\C)n[nH]c1=O.CC. The van der Waals surface area contributed by atoms with Crippen LogP contribution < -0.4 is 5.69 Å². The highest BCUT2D eigenvalue weighted by atomic mass is 16.1. The molecule has 0 saturated heterocycles. The Morgan fingerprint density at radius 2 is 2.15 bits per heavy atom. The Balaban J connectivity index is 0.000000671. The van der Waals surface area contributed by atoms with E-state index in [0.717, 1.165) is 0 Å². The van der Waals surface area contributed by atoms with E-state index in [9.17, 15) is 4.79 Å². The van der Waals surface area contributed by atoms with E-state index in [4.69, 9.17) is 0 Å². The topological polar surface area (TPSA) is 50.7 Å². The Labute approximate surface area is 77.6 Å². The van der Waals surface area contributed by atoms with Crippen LogP contribution in [0.25, 0.3) is 12.3 Å². The summed E-state index contributed by atoms with van der Waals surface area (Å²) in [5.41, 5.74) is -0.270. The number of hydrogen-bond acceptors (Lipinski definition) is 2. The molecule has 0 saturated carbocycles. The second-order valence-corrected chi connectivity index (χ2v) is 1.94. The Morgan fingerprint density at radius 3 is 2.62 bits per heavy atom. The summed E-state index contributed by atoms with van der Waals surface area (Å²) in [6, 6.07) is 0. The number of H-pyrrole nitrogens is 1. The van der Waals surface area contributed by atoms with Gasteiger partial charge >= 0.3 is 5.69 Å². The van der Waals surface area contributed by atoms with E-state index < -0.39 is 0 Å². The van der Waals surface area contributed by atoms with Gasteiger partial charge in [-0.15, -0.1) is 0 Å². The van der Waals surface area contributed by atoms with E-state index >= 15 is 0 Å². The van der Waals surface area contributed by atoms with Crippen molar-refractivity contribution in [2.45, 2.75) is 20.8 Å². The van der Waals surface area contributed by atoms with E-state index in [0.29, 0.717) is 5.82 Å². The number of nitrogens with zero attached hydrogens (tertiary/aromatic N) is 2. The monoisotopic (exact) mass is 181 g/mol. The van der Waals surface area contributed by atoms with Crippen molar-refractivity contribution < 1.29 is 0 Å². The number of allylic oxidation sites excluding steroid dienone is 1. The molecule has 1 heterocycles. The first-order chi connectivity index (χ1) is 6.29. The molecule has 0 atom stereocenters. The van der Waals surface area contributed by atoms with Crippen molar-refractivity contribution in [3.05, 3.63) is 29.0 Å². The molecule has 0 spiro atoms.